The Hall–Kier alpha value is -2.01. The number of aromatic nitrogens is 1. The number of halogens is 2. The number of ether oxygens (including phenoxy) is 1. The van der Waals surface area contributed by atoms with Crippen molar-refractivity contribution in [3.05, 3.63) is 59.3 Å². The summed E-state index contributed by atoms with van der Waals surface area (Å²) in [5.41, 5.74) is 0.646. The highest BCUT2D eigenvalue weighted by Gasteiger charge is 2.16. The van der Waals surface area contributed by atoms with Gasteiger partial charge >= 0.3 is 0 Å². The molecule has 0 aliphatic carbocycles. The number of hydrogen-bond acceptors (Lipinski definition) is 3. The van der Waals surface area contributed by atoms with Crippen molar-refractivity contribution in [3.8, 4) is 5.88 Å². The largest absolute Gasteiger partial charge is 0.481 e. The molecule has 0 amide bonds. The Balaban J connectivity index is 2.15. The van der Waals surface area contributed by atoms with Gasteiger partial charge in [-0.1, -0.05) is 18.2 Å². The summed E-state index contributed by atoms with van der Waals surface area (Å²) < 4.78 is 31.5. The molecule has 0 saturated heterocycles. The third kappa shape index (κ3) is 3.06. The zero-order chi connectivity index (χ0) is 13.8. The molecule has 2 rings (SSSR count). The van der Waals surface area contributed by atoms with Gasteiger partial charge in [-0.25, -0.2) is 13.8 Å². The van der Waals surface area contributed by atoms with Crippen LogP contribution in [0, 0.1) is 11.6 Å². The Morgan fingerprint density at radius 3 is 2.68 bits per heavy atom. The van der Waals surface area contributed by atoms with Gasteiger partial charge in [-0.3, -0.25) is 0 Å². The predicted octanol–water partition coefficient (Wildman–Crippen LogP) is 2.64. The quantitative estimate of drug-likeness (QED) is 0.924. The first-order chi connectivity index (χ1) is 9.11. The lowest BCUT2D eigenvalue weighted by Gasteiger charge is -2.12. The van der Waals surface area contributed by atoms with Gasteiger partial charge in [0.1, 0.15) is 0 Å². The van der Waals surface area contributed by atoms with Crippen molar-refractivity contribution in [2.75, 3.05) is 7.11 Å². The fourth-order valence-electron chi connectivity index (χ4n) is 1.76. The van der Waals surface area contributed by atoms with Crippen LogP contribution in [0.25, 0.3) is 0 Å². The number of pyridine rings is 1. The highest BCUT2D eigenvalue weighted by Crippen LogP contribution is 2.23. The molecular weight excluding hydrogens is 252 g/mol. The molecule has 0 radical (unpaired) electrons. The summed E-state index contributed by atoms with van der Waals surface area (Å²) >= 11 is 0. The van der Waals surface area contributed by atoms with E-state index in [0.717, 1.165) is 6.07 Å². The molecule has 1 unspecified atom stereocenters. The van der Waals surface area contributed by atoms with E-state index in [4.69, 9.17) is 4.74 Å². The van der Waals surface area contributed by atoms with Gasteiger partial charge in [-0.05, 0) is 11.6 Å². The van der Waals surface area contributed by atoms with Crippen molar-refractivity contribution in [3.63, 3.8) is 0 Å². The molecule has 3 nitrogen and oxygen atoms in total. The molecule has 1 heterocycles. The number of nitrogens with zero attached hydrogens (tertiary/aromatic N) is 1. The van der Waals surface area contributed by atoms with E-state index >= 15 is 0 Å². The van der Waals surface area contributed by atoms with Crippen LogP contribution >= 0.6 is 0 Å². The van der Waals surface area contributed by atoms with Crippen molar-refractivity contribution < 1.29 is 18.6 Å². The van der Waals surface area contributed by atoms with Crippen LogP contribution in [0.1, 0.15) is 17.2 Å². The fourth-order valence-corrected chi connectivity index (χ4v) is 1.76. The summed E-state index contributed by atoms with van der Waals surface area (Å²) in [6.45, 7) is 0. The molecule has 0 saturated carbocycles. The van der Waals surface area contributed by atoms with E-state index < -0.39 is 17.7 Å². The Labute approximate surface area is 109 Å². The van der Waals surface area contributed by atoms with Crippen LogP contribution in [0.3, 0.4) is 0 Å². The third-order valence-electron chi connectivity index (χ3n) is 2.78. The second-order valence-electron chi connectivity index (χ2n) is 4.07. The smallest absolute Gasteiger partial charge is 0.212 e. The van der Waals surface area contributed by atoms with Crippen molar-refractivity contribution in [2.24, 2.45) is 0 Å². The molecule has 2 aromatic rings. The molecule has 0 aliphatic heterocycles. The van der Waals surface area contributed by atoms with E-state index in [1.807, 2.05) is 0 Å². The number of benzene rings is 1. The number of rotatable bonds is 4. The number of aliphatic hydroxyl groups excluding tert-OH is 1. The van der Waals surface area contributed by atoms with Crippen LogP contribution < -0.4 is 4.74 Å². The SMILES string of the molecule is COc1ccc(CC(O)c2cccc(F)c2F)cn1. The standard InChI is InChI=1S/C14H13F2NO2/c1-19-13-6-5-9(8-17-13)7-12(18)10-3-2-4-11(15)14(10)16/h2-6,8,12,18H,7H2,1H3. The Bertz CT molecular complexity index is 558. The Morgan fingerprint density at radius 1 is 1.26 bits per heavy atom. The first-order valence-electron chi connectivity index (χ1n) is 5.72. The minimum absolute atomic E-state index is 0.0594. The monoisotopic (exact) mass is 265 g/mol. The van der Waals surface area contributed by atoms with E-state index in [-0.39, 0.29) is 12.0 Å². The summed E-state index contributed by atoms with van der Waals surface area (Å²) in [6, 6.07) is 7.10. The van der Waals surface area contributed by atoms with E-state index in [0.29, 0.717) is 11.4 Å². The van der Waals surface area contributed by atoms with Gasteiger partial charge in [0.05, 0.1) is 13.2 Å². The van der Waals surface area contributed by atoms with Gasteiger partial charge in [0.15, 0.2) is 11.6 Å². The van der Waals surface area contributed by atoms with Gasteiger partial charge in [-0.2, -0.15) is 0 Å². The minimum atomic E-state index is -1.12. The van der Waals surface area contributed by atoms with Crippen LogP contribution in [0.5, 0.6) is 5.88 Å². The van der Waals surface area contributed by atoms with E-state index in [2.05, 4.69) is 4.98 Å². The maximum Gasteiger partial charge on any atom is 0.212 e. The number of methoxy groups -OCH3 is 1. The van der Waals surface area contributed by atoms with Crippen molar-refractivity contribution >= 4 is 0 Å². The molecule has 0 spiro atoms. The molecule has 1 aromatic heterocycles. The van der Waals surface area contributed by atoms with Crippen LogP contribution in [0.4, 0.5) is 8.78 Å². The van der Waals surface area contributed by atoms with Crippen molar-refractivity contribution in [1.29, 1.82) is 0 Å². The third-order valence-corrected chi connectivity index (χ3v) is 2.78. The average molecular weight is 265 g/mol. The highest BCUT2D eigenvalue weighted by atomic mass is 19.2. The second-order valence-corrected chi connectivity index (χ2v) is 4.07. The van der Waals surface area contributed by atoms with E-state index in [1.165, 1.54) is 25.4 Å². The van der Waals surface area contributed by atoms with Crippen molar-refractivity contribution in [1.82, 2.24) is 4.98 Å². The van der Waals surface area contributed by atoms with Crippen LogP contribution in [-0.4, -0.2) is 17.2 Å². The van der Waals surface area contributed by atoms with Crippen LogP contribution in [-0.2, 0) is 6.42 Å². The molecule has 0 bridgehead atoms. The summed E-state index contributed by atoms with van der Waals surface area (Å²) in [4.78, 5) is 3.98. The van der Waals surface area contributed by atoms with E-state index in [1.54, 1.807) is 12.1 Å². The van der Waals surface area contributed by atoms with Crippen molar-refractivity contribution in [2.45, 2.75) is 12.5 Å². The maximum atomic E-state index is 13.5. The molecule has 1 aromatic carbocycles. The van der Waals surface area contributed by atoms with Gasteiger partial charge in [0.25, 0.3) is 0 Å². The normalized spacial score (nSPS) is 12.2. The molecule has 19 heavy (non-hydrogen) atoms. The van der Waals surface area contributed by atoms with E-state index in [9.17, 15) is 13.9 Å². The highest BCUT2D eigenvalue weighted by molar-refractivity contribution is 5.25. The molecule has 1 atom stereocenters. The zero-order valence-electron chi connectivity index (χ0n) is 10.3. The molecule has 100 valence electrons. The Kier molecular flexibility index (Phi) is 4.06. The molecule has 5 heteroatoms. The minimum Gasteiger partial charge on any atom is -0.481 e. The van der Waals surface area contributed by atoms with Gasteiger partial charge < -0.3 is 9.84 Å². The Morgan fingerprint density at radius 2 is 2.05 bits per heavy atom. The molecule has 0 fully saturated rings. The van der Waals surface area contributed by atoms with Crippen LogP contribution in [0.15, 0.2) is 36.5 Å². The van der Waals surface area contributed by atoms with Crippen LogP contribution in [0.2, 0.25) is 0 Å². The predicted molar refractivity (Wildman–Crippen MR) is 65.8 cm³/mol. The molecular formula is C14H13F2NO2. The van der Waals surface area contributed by atoms with Gasteiger partial charge in [0, 0.05) is 24.2 Å². The first-order valence-corrected chi connectivity index (χ1v) is 5.72. The molecule has 0 aliphatic rings. The summed E-state index contributed by atoms with van der Waals surface area (Å²) in [5.74, 6) is -1.53. The average Bonchev–Trinajstić information content (AvgIpc) is 2.42. The summed E-state index contributed by atoms with van der Waals surface area (Å²) in [6.07, 6.45) is 0.558. The topological polar surface area (TPSA) is 42.4 Å². The lowest BCUT2D eigenvalue weighted by Crippen LogP contribution is -2.06. The maximum absolute atomic E-state index is 13.5. The zero-order valence-corrected chi connectivity index (χ0v) is 10.3. The number of hydrogen-bond donors (Lipinski definition) is 1. The fraction of sp³-hybridized carbons (Fsp3) is 0.214. The number of aliphatic hydroxyl groups is 1. The van der Waals surface area contributed by atoms with Gasteiger partial charge in [0.2, 0.25) is 5.88 Å². The molecule has 1 N–H and O–H groups in total. The second kappa shape index (κ2) is 5.75. The lowest BCUT2D eigenvalue weighted by atomic mass is 10.0. The van der Waals surface area contributed by atoms with Gasteiger partial charge in [-0.15, -0.1) is 0 Å². The summed E-state index contributed by atoms with van der Waals surface area (Å²) in [7, 11) is 1.50. The lowest BCUT2D eigenvalue weighted by molar-refractivity contribution is 0.172. The summed E-state index contributed by atoms with van der Waals surface area (Å²) in [5, 5.41) is 9.94. The first kappa shape index (κ1) is 13.4.